The molecule has 2 aromatic rings. The lowest BCUT2D eigenvalue weighted by atomic mass is 10.1. The first-order chi connectivity index (χ1) is 11.1. The van der Waals surface area contributed by atoms with Crippen molar-refractivity contribution in [3.8, 4) is 0 Å². The summed E-state index contributed by atoms with van der Waals surface area (Å²) in [5.41, 5.74) is 2.78. The zero-order valence-electron chi connectivity index (χ0n) is 13.4. The second-order valence-electron chi connectivity index (χ2n) is 6.19. The Balaban J connectivity index is 1.58. The molecule has 3 rings (SSSR count). The molecule has 120 valence electrons. The van der Waals surface area contributed by atoms with Crippen LogP contribution >= 0.6 is 0 Å². The van der Waals surface area contributed by atoms with Gasteiger partial charge >= 0.3 is 0 Å². The molecule has 1 amide bonds. The number of carbonyl (C=O) groups excluding carboxylic acids is 1. The van der Waals surface area contributed by atoms with Crippen molar-refractivity contribution < 1.29 is 14.1 Å². The number of rotatable bonds is 3. The third kappa shape index (κ3) is 3.77. The van der Waals surface area contributed by atoms with Crippen LogP contribution in [0, 0.1) is 12.7 Å². The molecule has 0 aliphatic carbocycles. The molecule has 0 atom stereocenters. The van der Waals surface area contributed by atoms with Gasteiger partial charge in [-0.3, -0.25) is 4.79 Å². The number of hydrogen-bond donors (Lipinski definition) is 1. The highest BCUT2D eigenvalue weighted by molar-refractivity contribution is 5.94. The molecule has 0 radical (unpaired) electrons. The molecule has 2 aromatic carbocycles. The number of carbonyl (C=O) groups is 1. The second-order valence-corrected chi connectivity index (χ2v) is 6.19. The average Bonchev–Trinajstić information content (AvgIpc) is 2.55. The molecule has 3 nitrogen and oxygen atoms in total. The molecule has 1 aliphatic rings. The van der Waals surface area contributed by atoms with Gasteiger partial charge in [-0.15, -0.1) is 0 Å². The summed E-state index contributed by atoms with van der Waals surface area (Å²) in [6.07, 6.45) is 0. The molecule has 0 spiro atoms. The maximum Gasteiger partial charge on any atom is 0.257 e. The van der Waals surface area contributed by atoms with Gasteiger partial charge < -0.3 is 9.80 Å². The van der Waals surface area contributed by atoms with Gasteiger partial charge in [-0.05, 0) is 19.1 Å². The number of aryl methyl sites for hydroxylation is 1. The highest BCUT2D eigenvalue weighted by Gasteiger charge is 2.25. The summed E-state index contributed by atoms with van der Waals surface area (Å²) in [5, 5.41) is 0. The highest BCUT2D eigenvalue weighted by atomic mass is 19.1. The van der Waals surface area contributed by atoms with Crippen molar-refractivity contribution in [3.05, 3.63) is 71.0 Å². The third-order valence-corrected chi connectivity index (χ3v) is 4.40. The highest BCUT2D eigenvalue weighted by Crippen LogP contribution is 2.10. The van der Waals surface area contributed by atoms with Crippen LogP contribution in [0.25, 0.3) is 0 Å². The van der Waals surface area contributed by atoms with Gasteiger partial charge in [0.05, 0.1) is 31.7 Å². The zero-order chi connectivity index (χ0) is 16.2. The van der Waals surface area contributed by atoms with Crippen molar-refractivity contribution in [3.63, 3.8) is 0 Å². The van der Waals surface area contributed by atoms with E-state index in [1.807, 2.05) is 0 Å². The van der Waals surface area contributed by atoms with E-state index in [0.29, 0.717) is 13.1 Å². The quantitative estimate of drug-likeness (QED) is 0.916. The van der Waals surface area contributed by atoms with Crippen LogP contribution in [0.3, 0.4) is 0 Å². The smallest absolute Gasteiger partial charge is 0.257 e. The minimum absolute atomic E-state index is 0.176. The van der Waals surface area contributed by atoms with E-state index in [1.54, 1.807) is 23.1 Å². The first kappa shape index (κ1) is 15.7. The topological polar surface area (TPSA) is 24.8 Å². The van der Waals surface area contributed by atoms with E-state index in [2.05, 4.69) is 31.2 Å². The molecule has 0 aromatic heterocycles. The number of hydrogen-bond acceptors (Lipinski definition) is 1. The fourth-order valence-corrected chi connectivity index (χ4v) is 3.12. The molecule has 1 saturated heterocycles. The largest absolute Gasteiger partial charge is 0.328 e. The van der Waals surface area contributed by atoms with Crippen LogP contribution in [0.5, 0.6) is 0 Å². The van der Waals surface area contributed by atoms with E-state index in [-0.39, 0.29) is 11.5 Å². The van der Waals surface area contributed by atoms with Crippen LogP contribution < -0.4 is 4.90 Å². The Kier molecular flexibility index (Phi) is 4.72. The minimum Gasteiger partial charge on any atom is -0.328 e. The van der Waals surface area contributed by atoms with E-state index >= 15 is 0 Å². The molecule has 1 heterocycles. The Labute approximate surface area is 136 Å². The summed E-state index contributed by atoms with van der Waals surface area (Å²) < 4.78 is 13.7. The van der Waals surface area contributed by atoms with Gasteiger partial charge in [0.2, 0.25) is 0 Å². The van der Waals surface area contributed by atoms with Crippen LogP contribution in [0.1, 0.15) is 21.5 Å². The normalized spacial score (nSPS) is 15.7. The van der Waals surface area contributed by atoms with Crippen molar-refractivity contribution in [1.29, 1.82) is 0 Å². The fourth-order valence-electron chi connectivity index (χ4n) is 3.12. The lowest BCUT2D eigenvalue weighted by molar-refractivity contribution is -0.917. The van der Waals surface area contributed by atoms with Gasteiger partial charge in [-0.2, -0.15) is 0 Å². The van der Waals surface area contributed by atoms with E-state index in [4.69, 9.17) is 0 Å². The maximum atomic E-state index is 13.7. The molecule has 0 saturated carbocycles. The Hall–Kier alpha value is -2.20. The van der Waals surface area contributed by atoms with Crippen molar-refractivity contribution in [2.24, 2.45) is 0 Å². The standard InChI is InChI=1S/C19H21FN2O/c1-15-5-4-6-16(13-15)14-21-9-11-22(12-10-21)19(23)17-7-2-3-8-18(17)20/h2-8,13H,9-12,14H2,1H3/p+1. The van der Waals surface area contributed by atoms with Crippen LogP contribution in [0.15, 0.2) is 48.5 Å². The van der Waals surface area contributed by atoms with Crippen molar-refractivity contribution in [1.82, 2.24) is 4.90 Å². The lowest BCUT2D eigenvalue weighted by Gasteiger charge is -2.32. The van der Waals surface area contributed by atoms with Gasteiger partial charge in [0.15, 0.2) is 0 Å². The van der Waals surface area contributed by atoms with Crippen molar-refractivity contribution in [2.75, 3.05) is 26.2 Å². The van der Waals surface area contributed by atoms with E-state index in [0.717, 1.165) is 19.6 Å². The first-order valence-corrected chi connectivity index (χ1v) is 8.06. The number of amides is 1. The molecular weight excluding hydrogens is 291 g/mol. The van der Waals surface area contributed by atoms with Gasteiger partial charge in [0.1, 0.15) is 12.4 Å². The van der Waals surface area contributed by atoms with Gasteiger partial charge in [0, 0.05) is 5.56 Å². The van der Waals surface area contributed by atoms with Gasteiger partial charge in [0.25, 0.3) is 5.91 Å². The maximum absolute atomic E-state index is 13.7. The summed E-state index contributed by atoms with van der Waals surface area (Å²) in [4.78, 5) is 15.6. The van der Waals surface area contributed by atoms with Gasteiger partial charge in [-0.25, -0.2) is 4.39 Å². The molecule has 23 heavy (non-hydrogen) atoms. The van der Waals surface area contributed by atoms with Crippen LogP contribution in [0.2, 0.25) is 0 Å². The molecule has 1 fully saturated rings. The predicted molar refractivity (Wildman–Crippen MR) is 87.9 cm³/mol. The van der Waals surface area contributed by atoms with Crippen LogP contribution in [-0.2, 0) is 6.54 Å². The Morgan fingerprint density at radius 3 is 2.57 bits per heavy atom. The monoisotopic (exact) mass is 313 g/mol. The summed E-state index contributed by atoms with van der Waals surface area (Å²) in [6, 6.07) is 14.8. The number of benzene rings is 2. The Morgan fingerprint density at radius 1 is 1.13 bits per heavy atom. The van der Waals surface area contributed by atoms with Crippen molar-refractivity contribution in [2.45, 2.75) is 13.5 Å². The first-order valence-electron chi connectivity index (χ1n) is 8.06. The molecule has 1 aliphatic heterocycles. The van der Waals surface area contributed by atoms with E-state index < -0.39 is 5.82 Å². The number of nitrogens with one attached hydrogen (secondary N) is 1. The summed E-state index contributed by atoms with van der Waals surface area (Å²) in [5.74, 6) is -0.634. The van der Waals surface area contributed by atoms with E-state index in [1.165, 1.54) is 22.1 Å². The SMILES string of the molecule is Cc1cccc(C[NH+]2CCN(C(=O)c3ccccc3F)CC2)c1. The average molecular weight is 313 g/mol. The van der Waals surface area contributed by atoms with Crippen molar-refractivity contribution >= 4 is 5.91 Å². The molecular formula is C19H22FN2O+. The number of piperazine rings is 1. The van der Waals surface area contributed by atoms with Crippen LogP contribution in [-0.4, -0.2) is 37.0 Å². The summed E-state index contributed by atoms with van der Waals surface area (Å²) in [6.45, 7) is 6.22. The summed E-state index contributed by atoms with van der Waals surface area (Å²) >= 11 is 0. The molecule has 0 unspecified atom stereocenters. The zero-order valence-corrected chi connectivity index (χ0v) is 13.4. The third-order valence-electron chi connectivity index (χ3n) is 4.40. The summed E-state index contributed by atoms with van der Waals surface area (Å²) in [7, 11) is 0. The second kappa shape index (κ2) is 6.92. The molecule has 1 N–H and O–H groups in total. The van der Waals surface area contributed by atoms with Crippen LogP contribution in [0.4, 0.5) is 4.39 Å². The molecule has 4 heteroatoms. The number of halogens is 1. The molecule has 0 bridgehead atoms. The Morgan fingerprint density at radius 2 is 1.87 bits per heavy atom. The number of quaternary nitrogens is 1. The lowest BCUT2D eigenvalue weighted by Crippen LogP contribution is -3.13. The predicted octanol–water partition coefficient (Wildman–Crippen LogP) is 1.68. The van der Waals surface area contributed by atoms with Gasteiger partial charge in [-0.1, -0.05) is 42.0 Å². The van der Waals surface area contributed by atoms with E-state index in [9.17, 15) is 9.18 Å². The Bertz CT molecular complexity index is 693. The number of nitrogens with zero attached hydrogens (tertiary/aromatic N) is 1. The fraction of sp³-hybridized carbons (Fsp3) is 0.316. The minimum atomic E-state index is -0.438.